The zero-order valence-electron chi connectivity index (χ0n) is 16.6. The molecule has 2 aliphatic heterocycles. The van der Waals surface area contributed by atoms with Crippen LogP contribution < -0.4 is 5.32 Å². The third kappa shape index (κ3) is 5.88. The Labute approximate surface area is 166 Å². The second-order valence-electron chi connectivity index (χ2n) is 7.43. The van der Waals surface area contributed by atoms with Crippen molar-refractivity contribution in [2.24, 2.45) is 4.99 Å². The van der Waals surface area contributed by atoms with Crippen molar-refractivity contribution in [1.29, 1.82) is 0 Å². The van der Waals surface area contributed by atoms with Crippen LogP contribution in [0.15, 0.2) is 23.2 Å². The van der Waals surface area contributed by atoms with Gasteiger partial charge in [0.1, 0.15) is 11.6 Å². The molecule has 1 N–H and O–H groups in total. The fourth-order valence-electron chi connectivity index (χ4n) is 3.82. The molecular formula is C21H31F2N3O2. The molecule has 2 fully saturated rings. The number of nitrogens with one attached hydrogen (secondary N) is 1. The van der Waals surface area contributed by atoms with E-state index in [1.807, 2.05) is 0 Å². The molecule has 1 aromatic carbocycles. The summed E-state index contributed by atoms with van der Waals surface area (Å²) in [6.07, 6.45) is 6.14. The van der Waals surface area contributed by atoms with E-state index in [0.717, 1.165) is 51.3 Å². The number of rotatable bonds is 6. The number of nitrogens with zero attached hydrogens (tertiary/aromatic N) is 2. The number of hydrogen-bond donors (Lipinski definition) is 1. The number of likely N-dealkylation sites (tertiary alicyclic amines) is 1. The van der Waals surface area contributed by atoms with E-state index in [1.165, 1.54) is 24.6 Å². The number of benzene rings is 1. The molecule has 2 saturated heterocycles. The van der Waals surface area contributed by atoms with Crippen molar-refractivity contribution in [2.75, 3.05) is 39.9 Å². The van der Waals surface area contributed by atoms with E-state index < -0.39 is 11.6 Å². The van der Waals surface area contributed by atoms with E-state index >= 15 is 0 Å². The normalized spacial score (nSPS) is 21.8. The second-order valence-corrected chi connectivity index (χ2v) is 7.43. The van der Waals surface area contributed by atoms with E-state index in [9.17, 15) is 8.78 Å². The molecule has 5 nitrogen and oxygen atoms in total. The maximum atomic E-state index is 13.7. The van der Waals surface area contributed by atoms with Gasteiger partial charge in [0.05, 0.1) is 18.8 Å². The lowest BCUT2D eigenvalue weighted by molar-refractivity contribution is -0.0721. The summed E-state index contributed by atoms with van der Waals surface area (Å²) in [5.74, 6) is -0.237. The highest BCUT2D eigenvalue weighted by molar-refractivity contribution is 5.79. The molecule has 0 bridgehead atoms. The lowest BCUT2D eigenvalue weighted by Gasteiger charge is -2.35. The molecule has 1 unspecified atom stereocenters. The molecule has 0 amide bonds. The molecule has 3 rings (SSSR count). The molecule has 0 radical (unpaired) electrons. The van der Waals surface area contributed by atoms with Crippen LogP contribution in [0.2, 0.25) is 0 Å². The van der Waals surface area contributed by atoms with E-state index in [1.54, 1.807) is 7.05 Å². The minimum absolute atomic E-state index is 0.113. The summed E-state index contributed by atoms with van der Waals surface area (Å²) in [6, 6.07) is 3.96. The maximum absolute atomic E-state index is 13.7. The molecule has 0 aromatic heterocycles. The molecule has 7 heteroatoms. The highest BCUT2D eigenvalue weighted by Gasteiger charge is 2.23. The largest absolute Gasteiger partial charge is 0.376 e. The van der Waals surface area contributed by atoms with Gasteiger partial charge in [0.15, 0.2) is 5.96 Å². The number of aliphatic imine (C=N–C) groups is 1. The van der Waals surface area contributed by atoms with Gasteiger partial charge in [-0.05, 0) is 50.7 Å². The van der Waals surface area contributed by atoms with Crippen LogP contribution in [0.5, 0.6) is 0 Å². The van der Waals surface area contributed by atoms with Gasteiger partial charge in [-0.25, -0.2) is 8.78 Å². The van der Waals surface area contributed by atoms with Crippen molar-refractivity contribution in [1.82, 2.24) is 10.2 Å². The average Bonchev–Trinajstić information content (AvgIpc) is 2.73. The fourth-order valence-corrected chi connectivity index (χ4v) is 3.82. The summed E-state index contributed by atoms with van der Waals surface area (Å²) >= 11 is 0. The minimum atomic E-state index is -0.503. The molecule has 2 aliphatic rings. The molecule has 1 aromatic rings. The van der Waals surface area contributed by atoms with Crippen molar-refractivity contribution in [2.45, 2.75) is 50.7 Å². The Morgan fingerprint density at radius 3 is 2.61 bits per heavy atom. The lowest BCUT2D eigenvalue weighted by atomic mass is 10.1. The zero-order valence-corrected chi connectivity index (χ0v) is 16.6. The number of guanidine groups is 1. The van der Waals surface area contributed by atoms with Gasteiger partial charge < -0.3 is 19.7 Å². The first-order valence-corrected chi connectivity index (χ1v) is 10.3. The van der Waals surface area contributed by atoms with Crippen molar-refractivity contribution in [3.8, 4) is 0 Å². The van der Waals surface area contributed by atoms with Gasteiger partial charge in [-0.3, -0.25) is 4.99 Å². The summed E-state index contributed by atoms with van der Waals surface area (Å²) in [5, 5.41) is 3.22. The Morgan fingerprint density at radius 2 is 1.96 bits per heavy atom. The number of ether oxygens (including phenoxy) is 2. The number of halogens is 2. The first kappa shape index (κ1) is 21.0. The SMILES string of the molecule is CN=C(NCCc1c(F)cccc1F)N1CCC(OCC2CCCCO2)CC1. The van der Waals surface area contributed by atoms with Crippen LogP contribution in [0, 0.1) is 11.6 Å². The average molecular weight is 395 g/mol. The van der Waals surface area contributed by atoms with Crippen LogP contribution in [-0.4, -0.2) is 63.0 Å². The fraction of sp³-hybridized carbons (Fsp3) is 0.667. The molecular weight excluding hydrogens is 364 g/mol. The maximum Gasteiger partial charge on any atom is 0.193 e. The predicted octanol–water partition coefficient (Wildman–Crippen LogP) is 3.13. The van der Waals surface area contributed by atoms with E-state index in [4.69, 9.17) is 9.47 Å². The first-order valence-electron chi connectivity index (χ1n) is 10.3. The molecule has 1 atom stereocenters. The third-order valence-corrected chi connectivity index (χ3v) is 5.46. The van der Waals surface area contributed by atoms with Crippen LogP contribution in [0.25, 0.3) is 0 Å². The molecule has 28 heavy (non-hydrogen) atoms. The number of piperidine rings is 1. The smallest absolute Gasteiger partial charge is 0.193 e. The summed E-state index contributed by atoms with van der Waals surface area (Å²) < 4.78 is 39.2. The summed E-state index contributed by atoms with van der Waals surface area (Å²) in [7, 11) is 1.73. The van der Waals surface area contributed by atoms with E-state index in [0.29, 0.717) is 13.2 Å². The van der Waals surface area contributed by atoms with Crippen molar-refractivity contribution < 1.29 is 18.3 Å². The van der Waals surface area contributed by atoms with E-state index in [2.05, 4.69) is 15.2 Å². The van der Waals surface area contributed by atoms with Gasteiger partial charge >= 0.3 is 0 Å². The van der Waals surface area contributed by atoms with Gasteiger partial charge in [0.2, 0.25) is 0 Å². The molecule has 0 spiro atoms. The Hall–Kier alpha value is -1.73. The monoisotopic (exact) mass is 395 g/mol. The highest BCUT2D eigenvalue weighted by Crippen LogP contribution is 2.18. The van der Waals surface area contributed by atoms with Gasteiger partial charge in [-0.2, -0.15) is 0 Å². The van der Waals surface area contributed by atoms with Crippen LogP contribution in [0.1, 0.15) is 37.7 Å². The molecule has 2 heterocycles. The van der Waals surface area contributed by atoms with Crippen molar-refractivity contribution >= 4 is 5.96 Å². The summed E-state index contributed by atoms with van der Waals surface area (Å²) in [6.45, 7) is 3.67. The quantitative estimate of drug-likeness (QED) is 0.594. The van der Waals surface area contributed by atoms with Crippen molar-refractivity contribution in [3.05, 3.63) is 35.4 Å². The molecule has 0 saturated carbocycles. The Morgan fingerprint density at radius 1 is 1.21 bits per heavy atom. The molecule has 0 aliphatic carbocycles. The Kier molecular flexibility index (Phi) is 8.03. The van der Waals surface area contributed by atoms with Crippen LogP contribution >= 0.6 is 0 Å². The zero-order chi connectivity index (χ0) is 19.8. The minimum Gasteiger partial charge on any atom is -0.376 e. The first-order chi connectivity index (χ1) is 13.7. The third-order valence-electron chi connectivity index (χ3n) is 5.46. The van der Waals surface area contributed by atoms with Crippen LogP contribution in [0.3, 0.4) is 0 Å². The summed E-state index contributed by atoms with van der Waals surface area (Å²) in [4.78, 5) is 6.49. The number of hydrogen-bond acceptors (Lipinski definition) is 3. The van der Waals surface area contributed by atoms with Gasteiger partial charge in [0.25, 0.3) is 0 Å². The van der Waals surface area contributed by atoms with Gasteiger partial charge in [0, 0.05) is 38.9 Å². The van der Waals surface area contributed by atoms with Crippen molar-refractivity contribution in [3.63, 3.8) is 0 Å². The van der Waals surface area contributed by atoms with Crippen LogP contribution in [0.4, 0.5) is 8.78 Å². The van der Waals surface area contributed by atoms with Gasteiger partial charge in [-0.15, -0.1) is 0 Å². The molecule has 156 valence electrons. The van der Waals surface area contributed by atoms with E-state index in [-0.39, 0.29) is 24.2 Å². The van der Waals surface area contributed by atoms with Crippen LogP contribution in [-0.2, 0) is 15.9 Å². The highest BCUT2D eigenvalue weighted by atomic mass is 19.1. The lowest BCUT2D eigenvalue weighted by Crippen LogP contribution is -2.47. The second kappa shape index (κ2) is 10.7. The standard InChI is InChI=1S/C21H31F2N3O2/c1-24-21(25-11-8-18-19(22)6-4-7-20(18)23)26-12-9-16(10-13-26)28-15-17-5-2-3-14-27-17/h4,6-7,16-17H,2-3,5,8-15H2,1H3,(H,24,25). The Balaban J connectivity index is 1.38. The van der Waals surface area contributed by atoms with Gasteiger partial charge in [-0.1, -0.05) is 6.07 Å². The summed E-state index contributed by atoms with van der Waals surface area (Å²) in [5.41, 5.74) is 0.113. The topological polar surface area (TPSA) is 46.1 Å². The Bertz CT molecular complexity index is 622. The predicted molar refractivity (Wildman–Crippen MR) is 106 cm³/mol.